The zero-order chi connectivity index (χ0) is 16.8. The largest absolute Gasteiger partial charge is 0.459 e. The van der Waals surface area contributed by atoms with E-state index in [4.69, 9.17) is 16.3 Å². The molecule has 0 unspecified atom stereocenters. The number of nitrogens with one attached hydrogen (secondary N) is 1. The molecule has 0 saturated carbocycles. The lowest BCUT2D eigenvalue weighted by Gasteiger charge is -2.08. The monoisotopic (exact) mass is 335 g/mol. The van der Waals surface area contributed by atoms with E-state index >= 15 is 0 Å². The maximum absolute atomic E-state index is 12.9. The van der Waals surface area contributed by atoms with Crippen molar-refractivity contribution >= 4 is 23.5 Å². The summed E-state index contributed by atoms with van der Waals surface area (Å²) in [6, 6.07) is 10.8. The summed E-state index contributed by atoms with van der Waals surface area (Å²) in [6.07, 6.45) is 0. The molecule has 0 atom stereocenters. The average molecular weight is 336 g/mol. The third-order valence-corrected chi connectivity index (χ3v) is 3.43. The maximum atomic E-state index is 12.9. The molecule has 0 fully saturated rings. The Kier molecular flexibility index (Phi) is 5.71. The van der Waals surface area contributed by atoms with Gasteiger partial charge in [0.2, 0.25) is 0 Å². The van der Waals surface area contributed by atoms with Crippen molar-refractivity contribution in [2.45, 2.75) is 13.5 Å². The van der Waals surface area contributed by atoms with Gasteiger partial charge in [0.15, 0.2) is 0 Å². The van der Waals surface area contributed by atoms with Crippen molar-refractivity contribution in [3.8, 4) is 0 Å². The van der Waals surface area contributed by atoms with Gasteiger partial charge >= 0.3 is 5.97 Å². The first kappa shape index (κ1) is 17.0. The number of halogens is 2. The van der Waals surface area contributed by atoms with Gasteiger partial charge in [-0.25, -0.2) is 4.39 Å². The number of aryl methyl sites for hydroxylation is 1. The summed E-state index contributed by atoms with van der Waals surface area (Å²) < 4.78 is 17.9. The van der Waals surface area contributed by atoms with Crippen molar-refractivity contribution < 1.29 is 18.7 Å². The van der Waals surface area contributed by atoms with Crippen LogP contribution in [-0.4, -0.2) is 18.4 Å². The number of hydrogen-bond donors (Lipinski definition) is 1. The zero-order valence-corrected chi connectivity index (χ0v) is 13.2. The Morgan fingerprint density at radius 3 is 2.70 bits per heavy atom. The second-order valence-electron chi connectivity index (χ2n) is 4.95. The molecule has 6 heteroatoms. The van der Waals surface area contributed by atoms with E-state index < -0.39 is 11.8 Å². The van der Waals surface area contributed by atoms with Crippen LogP contribution in [0.4, 0.5) is 4.39 Å². The summed E-state index contributed by atoms with van der Waals surface area (Å²) >= 11 is 5.83. The van der Waals surface area contributed by atoms with Gasteiger partial charge in [-0.1, -0.05) is 35.4 Å². The number of rotatable bonds is 5. The molecular weight excluding hydrogens is 321 g/mol. The van der Waals surface area contributed by atoms with Gasteiger partial charge in [-0.15, -0.1) is 0 Å². The quantitative estimate of drug-likeness (QED) is 0.853. The molecule has 0 heterocycles. The lowest BCUT2D eigenvalue weighted by Crippen LogP contribution is -2.30. The van der Waals surface area contributed by atoms with Gasteiger partial charge in [0.1, 0.15) is 19.0 Å². The highest BCUT2D eigenvalue weighted by Crippen LogP contribution is 2.17. The number of esters is 1. The maximum Gasteiger partial charge on any atom is 0.325 e. The van der Waals surface area contributed by atoms with Crippen molar-refractivity contribution in [2.24, 2.45) is 0 Å². The minimum Gasteiger partial charge on any atom is -0.459 e. The first-order valence-corrected chi connectivity index (χ1v) is 7.28. The number of hydrogen-bond acceptors (Lipinski definition) is 3. The fraction of sp³-hybridized carbons (Fsp3) is 0.176. The van der Waals surface area contributed by atoms with Gasteiger partial charge in [0.05, 0.1) is 5.02 Å². The van der Waals surface area contributed by atoms with E-state index in [1.54, 1.807) is 18.2 Å². The SMILES string of the molecule is Cc1cccc(C(=O)NCC(=O)OCc2ccc(F)cc2Cl)c1. The Morgan fingerprint density at radius 1 is 1.22 bits per heavy atom. The molecule has 120 valence electrons. The number of amides is 1. The molecule has 0 bridgehead atoms. The molecule has 2 aromatic rings. The Balaban J connectivity index is 1.82. The van der Waals surface area contributed by atoms with Gasteiger partial charge in [-0.3, -0.25) is 9.59 Å². The highest BCUT2D eigenvalue weighted by molar-refractivity contribution is 6.31. The average Bonchev–Trinajstić information content (AvgIpc) is 2.51. The fourth-order valence-corrected chi connectivity index (χ4v) is 2.11. The topological polar surface area (TPSA) is 55.4 Å². The van der Waals surface area contributed by atoms with E-state index in [9.17, 15) is 14.0 Å². The summed E-state index contributed by atoms with van der Waals surface area (Å²) in [5.74, 6) is -1.42. The number of carbonyl (C=O) groups excluding carboxylic acids is 2. The molecule has 0 aliphatic rings. The van der Waals surface area contributed by atoms with Crippen molar-refractivity contribution in [1.82, 2.24) is 5.32 Å². The first-order chi connectivity index (χ1) is 11.0. The Bertz CT molecular complexity index is 734. The van der Waals surface area contributed by atoms with E-state index in [1.807, 2.05) is 13.0 Å². The third kappa shape index (κ3) is 5.07. The van der Waals surface area contributed by atoms with Gasteiger partial charge in [-0.2, -0.15) is 0 Å². The van der Waals surface area contributed by atoms with Crippen LogP contribution in [0.5, 0.6) is 0 Å². The summed E-state index contributed by atoms with van der Waals surface area (Å²) in [5.41, 5.74) is 1.91. The molecule has 23 heavy (non-hydrogen) atoms. The molecule has 2 aromatic carbocycles. The van der Waals surface area contributed by atoms with E-state index in [0.717, 1.165) is 11.6 Å². The molecule has 0 radical (unpaired) electrons. The van der Waals surface area contributed by atoms with Gasteiger partial charge in [0.25, 0.3) is 5.91 Å². The molecule has 2 rings (SSSR count). The van der Waals surface area contributed by atoms with E-state index in [1.165, 1.54) is 12.1 Å². The fourth-order valence-electron chi connectivity index (χ4n) is 1.89. The predicted molar refractivity (Wildman–Crippen MR) is 84.7 cm³/mol. The van der Waals surface area contributed by atoms with Crippen LogP contribution in [0.25, 0.3) is 0 Å². The van der Waals surface area contributed by atoms with Crippen LogP contribution in [-0.2, 0) is 16.1 Å². The lowest BCUT2D eigenvalue weighted by atomic mass is 10.1. The third-order valence-electron chi connectivity index (χ3n) is 3.08. The first-order valence-electron chi connectivity index (χ1n) is 6.90. The van der Waals surface area contributed by atoms with Crippen molar-refractivity contribution in [2.75, 3.05) is 6.54 Å². The summed E-state index contributed by atoms with van der Waals surface area (Å²) in [4.78, 5) is 23.5. The molecule has 4 nitrogen and oxygen atoms in total. The van der Waals surface area contributed by atoms with E-state index in [-0.39, 0.29) is 24.1 Å². The van der Waals surface area contributed by atoms with Crippen LogP contribution < -0.4 is 5.32 Å². The van der Waals surface area contributed by atoms with E-state index in [2.05, 4.69) is 5.32 Å². The lowest BCUT2D eigenvalue weighted by molar-refractivity contribution is -0.143. The number of benzene rings is 2. The Labute approximate surface area is 138 Å². The standard InChI is InChI=1S/C17H15ClFNO3/c1-11-3-2-4-12(7-11)17(22)20-9-16(21)23-10-13-5-6-14(19)8-15(13)18/h2-8H,9-10H2,1H3,(H,20,22). The number of carbonyl (C=O) groups is 2. The summed E-state index contributed by atoms with van der Waals surface area (Å²) in [6.45, 7) is 1.53. The molecule has 0 spiro atoms. The second kappa shape index (κ2) is 7.74. The predicted octanol–water partition coefficient (Wildman–Crippen LogP) is 3.26. The molecule has 1 amide bonds. The zero-order valence-electron chi connectivity index (χ0n) is 12.4. The smallest absolute Gasteiger partial charge is 0.325 e. The Morgan fingerprint density at radius 2 is 2.00 bits per heavy atom. The van der Waals surface area contributed by atoms with Crippen LogP contribution in [0.1, 0.15) is 21.5 Å². The number of ether oxygens (including phenoxy) is 1. The van der Waals surface area contributed by atoms with Crippen LogP contribution in [0.15, 0.2) is 42.5 Å². The summed E-state index contributed by atoms with van der Waals surface area (Å²) in [7, 11) is 0. The van der Waals surface area contributed by atoms with Gasteiger partial charge < -0.3 is 10.1 Å². The molecular formula is C17H15ClFNO3. The highest BCUT2D eigenvalue weighted by Gasteiger charge is 2.10. The molecule has 0 aliphatic heterocycles. The minimum atomic E-state index is -0.605. The molecule has 0 saturated heterocycles. The van der Waals surface area contributed by atoms with Crippen LogP contribution in [0.2, 0.25) is 5.02 Å². The Hall–Kier alpha value is -2.40. The second-order valence-corrected chi connectivity index (χ2v) is 5.36. The van der Waals surface area contributed by atoms with Crippen molar-refractivity contribution in [3.05, 3.63) is 70.0 Å². The van der Waals surface area contributed by atoms with Crippen LogP contribution in [0, 0.1) is 12.7 Å². The molecule has 0 aromatic heterocycles. The van der Waals surface area contributed by atoms with Gasteiger partial charge in [-0.05, 0) is 31.2 Å². The molecule has 1 N–H and O–H groups in total. The normalized spacial score (nSPS) is 10.2. The minimum absolute atomic E-state index is 0.0851. The van der Waals surface area contributed by atoms with Crippen LogP contribution >= 0.6 is 11.6 Å². The summed E-state index contributed by atoms with van der Waals surface area (Å²) in [5, 5.41) is 2.66. The van der Waals surface area contributed by atoms with Gasteiger partial charge in [0, 0.05) is 11.1 Å². The highest BCUT2D eigenvalue weighted by atomic mass is 35.5. The van der Waals surface area contributed by atoms with Crippen LogP contribution in [0.3, 0.4) is 0 Å². The molecule has 0 aliphatic carbocycles. The van der Waals surface area contributed by atoms with Crippen molar-refractivity contribution in [3.63, 3.8) is 0 Å². The van der Waals surface area contributed by atoms with Crippen molar-refractivity contribution in [1.29, 1.82) is 0 Å². The van der Waals surface area contributed by atoms with E-state index in [0.29, 0.717) is 11.1 Å².